The number of allylic oxidation sites excluding steroid dienone is 2. The van der Waals surface area contributed by atoms with Gasteiger partial charge in [-0.2, -0.15) is 0 Å². The first kappa shape index (κ1) is 13.5. The summed E-state index contributed by atoms with van der Waals surface area (Å²) in [7, 11) is 0. The van der Waals surface area contributed by atoms with Gasteiger partial charge in [0.25, 0.3) is 0 Å². The quantitative estimate of drug-likeness (QED) is 0.738. The monoisotopic (exact) mass is 222 g/mol. The largest absolute Gasteiger partial charge is 0.392 e. The second-order valence-corrected chi connectivity index (χ2v) is 4.64. The van der Waals surface area contributed by atoms with Crippen LogP contribution in [0.2, 0.25) is 0 Å². The molecule has 1 N–H and O–H groups in total. The van der Waals surface area contributed by atoms with E-state index in [-0.39, 0.29) is 6.10 Å². The number of rotatable bonds is 5. The molecule has 1 nitrogen and oxygen atoms in total. The summed E-state index contributed by atoms with van der Waals surface area (Å²) >= 11 is 0. The molecule has 0 aromatic heterocycles. The van der Waals surface area contributed by atoms with Gasteiger partial charge in [0.15, 0.2) is 0 Å². The summed E-state index contributed by atoms with van der Waals surface area (Å²) in [6, 6.07) is 0. The number of hydrogen-bond acceptors (Lipinski definition) is 1. The molecular formula is C15H26O. The van der Waals surface area contributed by atoms with Crippen LogP contribution in [0, 0.1) is 5.92 Å². The molecule has 1 heteroatoms. The highest BCUT2D eigenvalue weighted by Gasteiger charge is 2.32. The minimum atomic E-state index is -0.240. The van der Waals surface area contributed by atoms with Crippen LogP contribution in [0.1, 0.15) is 60.3 Å². The number of aliphatic hydroxyl groups is 1. The van der Waals surface area contributed by atoms with Crippen molar-refractivity contribution in [1.29, 1.82) is 0 Å². The molecule has 0 aromatic carbocycles. The van der Waals surface area contributed by atoms with E-state index < -0.39 is 0 Å². The fourth-order valence-corrected chi connectivity index (χ4v) is 3.30. The predicted molar refractivity (Wildman–Crippen MR) is 70.4 cm³/mol. The van der Waals surface area contributed by atoms with E-state index in [2.05, 4.69) is 27.7 Å². The zero-order chi connectivity index (χ0) is 12.3. The maximum Gasteiger partial charge on any atom is 0.0615 e. The van der Waals surface area contributed by atoms with E-state index >= 15 is 0 Å². The molecule has 0 saturated carbocycles. The van der Waals surface area contributed by atoms with Crippen LogP contribution >= 0.6 is 0 Å². The first-order valence-corrected chi connectivity index (χ1v) is 6.74. The molecule has 0 fully saturated rings. The highest BCUT2D eigenvalue weighted by molar-refractivity contribution is 5.50. The predicted octanol–water partition coefficient (Wildman–Crippen LogP) is 4.23. The van der Waals surface area contributed by atoms with Gasteiger partial charge in [-0.1, -0.05) is 38.8 Å². The highest BCUT2D eigenvalue weighted by atomic mass is 16.3. The van der Waals surface area contributed by atoms with Crippen molar-refractivity contribution < 1.29 is 5.11 Å². The molecule has 0 aromatic rings. The molecule has 1 rings (SSSR count). The van der Waals surface area contributed by atoms with Crippen LogP contribution in [0.25, 0.3) is 0 Å². The van der Waals surface area contributed by atoms with Crippen LogP contribution in [0.4, 0.5) is 0 Å². The Balaban J connectivity index is 3.25. The standard InChI is InChI=1S/C15H26O/c1-6-11-12(7-2)14(9-4)15(10(5)16)13(11)8-3/h10,15-16H,6-9H2,1-5H3. The summed E-state index contributed by atoms with van der Waals surface area (Å²) in [5.74, 6) is 0.305. The maximum absolute atomic E-state index is 10.0. The van der Waals surface area contributed by atoms with Gasteiger partial charge in [0.05, 0.1) is 6.10 Å². The summed E-state index contributed by atoms with van der Waals surface area (Å²) in [5, 5.41) is 10.0. The Hall–Kier alpha value is -0.560. The van der Waals surface area contributed by atoms with Crippen molar-refractivity contribution in [3.8, 4) is 0 Å². The molecule has 1 atom stereocenters. The molecule has 0 aliphatic heterocycles. The van der Waals surface area contributed by atoms with Crippen molar-refractivity contribution in [1.82, 2.24) is 0 Å². The zero-order valence-electron chi connectivity index (χ0n) is 11.4. The van der Waals surface area contributed by atoms with Crippen molar-refractivity contribution in [3.63, 3.8) is 0 Å². The van der Waals surface area contributed by atoms with Crippen LogP contribution in [0.3, 0.4) is 0 Å². The second-order valence-electron chi connectivity index (χ2n) is 4.64. The fraction of sp³-hybridized carbons (Fsp3) is 0.733. The van der Waals surface area contributed by atoms with Gasteiger partial charge >= 0.3 is 0 Å². The normalized spacial score (nSPS) is 19.9. The molecule has 1 aliphatic carbocycles. The smallest absolute Gasteiger partial charge is 0.0615 e. The molecule has 0 spiro atoms. The molecule has 1 unspecified atom stereocenters. The van der Waals surface area contributed by atoms with Crippen molar-refractivity contribution >= 4 is 0 Å². The van der Waals surface area contributed by atoms with Gasteiger partial charge in [-0.05, 0) is 43.8 Å². The van der Waals surface area contributed by atoms with E-state index in [4.69, 9.17) is 0 Å². The molecule has 92 valence electrons. The summed E-state index contributed by atoms with van der Waals surface area (Å²) in [4.78, 5) is 0. The minimum absolute atomic E-state index is 0.240. The van der Waals surface area contributed by atoms with E-state index in [1.54, 1.807) is 0 Å². The lowest BCUT2D eigenvalue weighted by Crippen LogP contribution is -2.19. The Morgan fingerprint density at radius 1 is 0.875 bits per heavy atom. The molecule has 0 amide bonds. The van der Waals surface area contributed by atoms with Gasteiger partial charge in [0.2, 0.25) is 0 Å². The Labute approximate surface area is 100 Å². The molecule has 1 aliphatic rings. The van der Waals surface area contributed by atoms with Gasteiger partial charge in [0.1, 0.15) is 0 Å². The Kier molecular flexibility index (Phi) is 4.79. The summed E-state index contributed by atoms with van der Waals surface area (Å²) in [6.45, 7) is 10.8. The van der Waals surface area contributed by atoms with Gasteiger partial charge in [0, 0.05) is 5.92 Å². The second kappa shape index (κ2) is 5.67. The van der Waals surface area contributed by atoms with Crippen LogP contribution in [0.15, 0.2) is 22.3 Å². The molecule has 0 heterocycles. The average Bonchev–Trinajstić information content (AvgIpc) is 2.60. The van der Waals surface area contributed by atoms with Gasteiger partial charge in [-0.15, -0.1) is 0 Å². The number of aliphatic hydroxyl groups excluding tert-OH is 1. The minimum Gasteiger partial charge on any atom is -0.392 e. The third-order valence-electron chi connectivity index (χ3n) is 3.84. The summed E-state index contributed by atoms with van der Waals surface area (Å²) in [6.07, 6.45) is 4.13. The van der Waals surface area contributed by atoms with Gasteiger partial charge < -0.3 is 5.11 Å². The topological polar surface area (TPSA) is 20.2 Å². The average molecular weight is 222 g/mol. The third kappa shape index (κ3) is 2.10. The van der Waals surface area contributed by atoms with Gasteiger partial charge in [-0.3, -0.25) is 0 Å². The van der Waals surface area contributed by atoms with E-state index in [0.29, 0.717) is 5.92 Å². The van der Waals surface area contributed by atoms with Gasteiger partial charge in [-0.25, -0.2) is 0 Å². The molecule has 0 radical (unpaired) electrons. The van der Waals surface area contributed by atoms with Crippen LogP contribution in [-0.4, -0.2) is 11.2 Å². The SMILES string of the molecule is CCC1=C(CC)C(C(C)O)C(CC)=C1CC. The Morgan fingerprint density at radius 2 is 1.25 bits per heavy atom. The molecule has 0 bridgehead atoms. The van der Waals surface area contributed by atoms with Crippen LogP contribution < -0.4 is 0 Å². The van der Waals surface area contributed by atoms with Crippen molar-refractivity contribution in [2.45, 2.75) is 66.4 Å². The van der Waals surface area contributed by atoms with Crippen molar-refractivity contribution in [3.05, 3.63) is 22.3 Å². The van der Waals surface area contributed by atoms with E-state index in [1.165, 1.54) is 22.3 Å². The summed E-state index contributed by atoms with van der Waals surface area (Å²) in [5.41, 5.74) is 6.05. The molecule has 0 saturated heterocycles. The Bertz CT molecular complexity index is 279. The van der Waals surface area contributed by atoms with E-state index in [0.717, 1.165) is 25.7 Å². The van der Waals surface area contributed by atoms with E-state index in [9.17, 15) is 5.11 Å². The first-order valence-electron chi connectivity index (χ1n) is 6.74. The van der Waals surface area contributed by atoms with Crippen molar-refractivity contribution in [2.24, 2.45) is 5.92 Å². The fourth-order valence-electron chi connectivity index (χ4n) is 3.30. The van der Waals surface area contributed by atoms with Crippen LogP contribution in [0.5, 0.6) is 0 Å². The summed E-state index contributed by atoms with van der Waals surface area (Å²) < 4.78 is 0. The zero-order valence-corrected chi connectivity index (χ0v) is 11.4. The molecular weight excluding hydrogens is 196 g/mol. The lowest BCUT2D eigenvalue weighted by molar-refractivity contribution is 0.157. The number of hydrogen-bond donors (Lipinski definition) is 1. The maximum atomic E-state index is 10.0. The van der Waals surface area contributed by atoms with E-state index in [1.807, 2.05) is 6.92 Å². The third-order valence-corrected chi connectivity index (χ3v) is 3.84. The van der Waals surface area contributed by atoms with Crippen molar-refractivity contribution in [2.75, 3.05) is 0 Å². The highest BCUT2D eigenvalue weighted by Crippen LogP contribution is 2.44. The van der Waals surface area contributed by atoms with Crippen LogP contribution in [-0.2, 0) is 0 Å². The Morgan fingerprint density at radius 3 is 1.44 bits per heavy atom. The first-order chi connectivity index (χ1) is 7.62. The lowest BCUT2D eigenvalue weighted by Gasteiger charge is -2.21. The molecule has 16 heavy (non-hydrogen) atoms. The lowest BCUT2D eigenvalue weighted by atomic mass is 9.87.